The second-order valence-electron chi connectivity index (χ2n) is 8.09. The number of hydrogen-bond acceptors (Lipinski definition) is 5. The Labute approximate surface area is 159 Å². The molecule has 6 nitrogen and oxygen atoms in total. The first kappa shape index (κ1) is 16.7. The van der Waals surface area contributed by atoms with E-state index in [4.69, 9.17) is 15.7 Å². The van der Waals surface area contributed by atoms with Crippen LogP contribution in [0.15, 0.2) is 30.5 Å². The molecule has 2 fully saturated rings. The number of nitrogens with one attached hydrogen (secondary N) is 1. The predicted molar refractivity (Wildman–Crippen MR) is 107 cm³/mol. The molecule has 2 saturated carbocycles. The summed E-state index contributed by atoms with van der Waals surface area (Å²) in [5.74, 6) is 2.38. The van der Waals surface area contributed by atoms with Crippen molar-refractivity contribution in [1.82, 2.24) is 19.7 Å². The van der Waals surface area contributed by atoms with E-state index in [0.717, 1.165) is 54.0 Å². The highest BCUT2D eigenvalue weighted by Crippen LogP contribution is 2.39. The van der Waals surface area contributed by atoms with Crippen molar-refractivity contribution in [2.24, 2.45) is 5.73 Å². The molecule has 2 aromatic heterocycles. The van der Waals surface area contributed by atoms with Gasteiger partial charge in [-0.15, -0.1) is 0 Å². The second-order valence-corrected chi connectivity index (χ2v) is 8.09. The van der Waals surface area contributed by atoms with Crippen LogP contribution in [0.25, 0.3) is 16.7 Å². The number of nitrogens with two attached hydrogens (primary N) is 1. The van der Waals surface area contributed by atoms with Crippen LogP contribution < -0.4 is 11.1 Å². The fraction of sp³-hybridized carbons (Fsp3) is 0.476. The first-order valence-electron chi connectivity index (χ1n) is 10.0. The molecule has 0 saturated heterocycles. The maximum atomic E-state index is 6.06. The van der Waals surface area contributed by atoms with Gasteiger partial charge in [-0.05, 0) is 57.6 Å². The summed E-state index contributed by atoms with van der Waals surface area (Å²) in [6.07, 6.45) is 8.59. The maximum Gasteiger partial charge on any atom is 0.168 e. The van der Waals surface area contributed by atoms with Crippen molar-refractivity contribution in [1.29, 1.82) is 0 Å². The van der Waals surface area contributed by atoms with Gasteiger partial charge in [0.05, 0.1) is 17.3 Å². The third kappa shape index (κ3) is 3.30. The third-order valence-electron chi connectivity index (χ3n) is 5.78. The molecule has 1 aromatic carbocycles. The summed E-state index contributed by atoms with van der Waals surface area (Å²) in [5, 5.41) is 9.31. The predicted octanol–water partition coefficient (Wildman–Crippen LogP) is 3.68. The number of anilines is 1. The minimum absolute atomic E-state index is 0.347. The standard InChI is InChI=1S/C21H26N6/c1-13-2-10-17(11-3-13)27-21-18(12-23-27)20(25-19(26-21)14-4-5-14)24-16-8-6-15(22)7-9-16/h2-3,10-12,14-16H,4-9,22H2,1H3,(H,24,25,26). The second kappa shape index (κ2) is 6.60. The van der Waals surface area contributed by atoms with E-state index in [9.17, 15) is 0 Å². The molecule has 0 radical (unpaired) electrons. The maximum absolute atomic E-state index is 6.06. The molecule has 2 heterocycles. The Kier molecular flexibility index (Phi) is 4.08. The number of fused-ring (bicyclic) bond motifs is 1. The van der Waals surface area contributed by atoms with Crippen molar-refractivity contribution in [2.75, 3.05) is 5.32 Å². The molecule has 5 rings (SSSR count). The van der Waals surface area contributed by atoms with Crippen molar-refractivity contribution in [3.05, 3.63) is 41.9 Å². The molecule has 3 aromatic rings. The Hall–Kier alpha value is -2.47. The quantitative estimate of drug-likeness (QED) is 0.740. The van der Waals surface area contributed by atoms with E-state index >= 15 is 0 Å². The summed E-state index contributed by atoms with van der Waals surface area (Å²) in [7, 11) is 0. The zero-order valence-corrected chi connectivity index (χ0v) is 15.7. The number of aryl methyl sites for hydroxylation is 1. The lowest BCUT2D eigenvalue weighted by Crippen LogP contribution is -2.33. The van der Waals surface area contributed by atoms with E-state index < -0.39 is 0 Å². The average molecular weight is 362 g/mol. The molecule has 0 bridgehead atoms. The highest BCUT2D eigenvalue weighted by Gasteiger charge is 2.29. The summed E-state index contributed by atoms with van der Waals surface area (Å²) in [5.41, 5.74) is 9.23. The van der Waals surface area contributed by atoms with Gasteiger partial charge in [-0.1, -0.05) is 17.7 Å². The van der Waals surface area contributed by atoms with Gasteiger partial charge in [0.2, 0.25) is 0 Å². The molecule has 27 heavy (non-hydrogen) atoms. The fourth-order valence-electron chi connectivity index (χ4n) is 3.89. The van der Waals surface area contributed by atoms with Crippen molar-refractivity contribution >= 4 is 16.9 Å². The molecule has 3 N–H and O–H groups in total. The molecule has 2 aliphatic rings. The van der Waals surface area contributed by atoms with Gasteiger partial charge >= 0.3 is 0 Å². The molecule has 6 heteroatoms. The summed E-state index contributed by atoms with van der Waals surface area (Å²) >= 11 is 0. The Bertz CT molecular complexity index is 949. The molecule has 0 unspecified atom stereocenters. The lowest BCUT2D eigenvalue weighted by molar-refractivity contribution is 0.410. The summed E-state index contributed by atoms with van der Waals surface area (Å²) < 4.78 is 1.93. The number of rotatable bonds is 4. The number of aromatic nitrogens is 4. The van der Waals surface area contributed by atoms with Crippen molar-refractivity contribution in [3.63, 3.8) is 0 Å². The minimum atomic E-state index is 0.347. The van der Waals surface area contributed by atoms with Crippen LogP contribution >= 0.6 is 0 Å². The molecule has 0 spiro atoms. The molecule has 2 aliphatic carbocycles. The van der Waals surface area contributed by atoms with Crippen LogP contribution in [0.1, 0.15) is 55.8 Å². The number of benzene rings is 1. The van der Waals surface area contributed by atoms with E-state index in [2.05, 4.69) is 41.6 Å². The summed E-state index contributed by atoms with van der Waals surface area (Å²) in [6, 6.07) is 9.18. The van der Waals surface area contributed by atoms with Gasteiger partial charge in [0, 0.05) is 18.0 Å². The van der Waals surface area contributed by atoms with Crippen molar-refractivity contribution in [3.8, 4) is 5.69 Å². The van der Waals surface area contributed by atoms with Crippen LogP contribution in [0.4, 0.5) is 5.82 Å². The van der Waals surface area contributed by atoms with Crippen molar-refractivity contribution < 1.29 is 0 Å². The first-order valence-corrected chi connectivity index (χ1v) is 10.0. The van der Waals surface area contributed by atoms with Gasteiger partial charge in [0.25, 0.3) is 0 Å². The summed E-state index contributed by atoms with van der Waals surface area (Å²) in [6.45, 7) is 2.09. The fourth-order valence-corrected chi connectivity index (χ4v) is 3.89. The van der Waals surface area contributed by atoms with E-state index in [0.29, 0.717) is 18.0 Å². The molecule has 0 aliphatic heterocycles. The van der Waals surface area contributed by atoms with Crippen LogP contribution in [0.5, 0.6) is 0 Å². The monoisotopic (exact) mass is 362 g/mol. The molecule has 0 amide bonds. The number of nitrogens with zero attached hydrogens (tertiary/aromatic N) is 4. The molecule has 0 atom stereocenters. The number of hydrogen-bond donors (Lipinski definition) is 2. The first-order chi connectivity index (χ1) is 13.2. The van der Waals surface area contributed by atoms with Crippen LogP contribution in [0.2, 0.25) is 0 Å². The van der Waals surface area contributed by atoms with Crippen molar-refractivity contribution in [2.45, 2.75) is 63.5 Å². The van der Waals surface area contributed by atoms with E-state index in [1.807, 2.05) is 10.9 Å². The van der Waals surface area contributed by atoms with Gasteiger partial charge in [-0.25, -0.2) is 14.6 Å². The van der Waals surface area contributed by atoms with Crippen LogP contribution in [0.3, 0.4) is 0 Å². The zero-order valence-electron chi connectivity index (χ0n) is 15.7. The van der Waals surface area contributed by atoms with Gasteiger partial charge in [0.15, 0.2) is 5.65 Å². The van der Waals surface area contributed by atoms with Gasteiger partial charge < -0.3 is 11.1 Å². The third-order valence-corrected chi connectivity index (χ3v) is 5.78. The highest BCUT2D eigenvalue weighted by atomic mass is 15.3. The smallest absolute Gasteiger partial charge is 0.168 e. The Morgan fingerprint density at radius 1 is 1.00 bits per heavy atom. The SMILES string of the molecule is Cc1ccc(-n2ncc3c(NC4CCC(N)CC4)nc(C4CC4)nc32)cc1. The lowest BCUT2D eigenvalue weighted by atomic mass is 9.92. The Balaban J connectivity index is 1.55. The van der Waals surface area contributed by atoms with E-state index in [-0.39, 0.29) is 0 Å². The van der Waals surface area contributed by atoms with Crippen LogP contribution in [0, 0.1) is 6.92 Å². The molecular formula is C21H26N6. The topological polar surface area (TPSA) is 81.7 Å². The normalized spacial score (nSPS) is 22.9. The lowest BCUT2D eigenvalue weighted by Gasteiger charge is -2.27. The van der Waals surface area contributed by atoms with Gasteiger partial charge in [-0.3, -0.25) is 0 Å². The Morgan fingerprint density at radius 3 is 2.44 bits per heavy atom. The van der Waals surface area contributed by atoms with Gasteiger partial charge in [-0.2, -0.15) is 5.10 Å². The zero-order chi connectivity index (χ0) is 18.4. The highest BCUT2D eigenvalue weighted by molar-refractivity contribution is 5.87. The van der Waals surface area contributed by atoms with E-state index in [1.54, 1.807) is 0 Å². The van der Waals surface area contributed by atoms with Crippen LogP contribution in [-0.2, 0) is 0 Å². The van der Waals surface area contributed by atoms with Crippen LogP contribution in [-0.4, -0.2) is 31.8 Å². The van der Waals surface area contributed by atoms with E-state index in [1.165, 1.54) is 18.4 Å². The Morgan fingerprint density at radius 2 is 1.74 bits per heavy atom. The minimum Gasteiger partial charge on any atom is -0.367 e. The largest absolute Gasteiger partial charge is 0.367 e. The average Bonchev–Trinajstić information content (AvgIpc) is 3.44. The molecular weight excluding hydrogens is 336 g/mol. The van der Waals surface area contributed by atoms with Gasteiger partial charge in [0.1, 0.15) is 11.6 Å². The summed E-state index contributed by atoms with van der Waals surface area (Å²) in [4.78, 5) is 9.78. The molecule has 140 valence electrons.